The number of aromatic nitrogens is 1. The first-order chi connectivity index (χ1) is 14.9. The van der Waals surface area contributed by atoms with Crippen LogP contribution in [0.3, 0.4) is 0 Å². The summed E-state index contributed by atoms with van der Waals surface area (Å²) in [4.78, 5) is 43.8. The maximum absolute atomic E-state index is 13.2. The third-order valence-corrected chi connectivity index (χ3v) is 5.46. The van der Waals surface area contributed by atoms with Crippen molar-refractivity contribution in [1.29, 1.82) is 0 Å². The van der Waals surface area contributed by atoms with Crippen LogP contribution in [-0.2, 0) is 0 Å². The van der Waals surface area contributed by atoms with Gasteiger partial charge in [-0.25, -0.2) is 4.98 Å². The van der Waals surface area contributed by atoms with Gasteiger partial charge in [-0.15, -0.1) is 0 Å². The monoisotopic (exact) mass is 433 g/mol. The van der Waals surface area contributed by atoms with E-state index in [1.54, 1.807) is 47.4 Å². The van der Waals surface area contributed by atoms with E-state index in [1.807, 2.05) is 19.1 Å². The van der Waals surface area contributed by atoms with Crippen molar-refractivity contribution in [3.05, 3.63) is 88.1 Å². The Labute approximate surface area is 184 Å². The van der Waals surface area contributed by atoms with Crippen LogP contribution in [-0.4, -0.2) is 29.1 Å². The molecular weight excluding hydrogens is 414 g/mol. The lowest BCUT2D eigenvalue weighted by molar-refractivity contribution is 0.0973. The Morgan fingerprint density at radius 1 is 1.10 bits per heavy atom. The van der Waals surface area contributed by atoms with Crippen molar-refractivity contribution >= 4 is 40.7 Å². The minimum Gasteiger partial charge on any atom is -0.308 e. The molecule has 0 radical (unpaired) electrons. The first-order valence-electron chi connectivity index (χ1n) is 9.91. The van der Waals surface area contributed by atoms with Crippen LogP contribution in [0.4, 0.5) is 11.5 Å². The topological polar surface area (TPSA) is 79.4 Å². The third kappa shape index (κ3) is 4.34. The number of nitrogens with zero attached hydrogens (tertiary/aromatic N) is 2. The molecule has 0 aliphatic carbocycles. The van der Waals surface area contributed by atoms with E-state index in [1.165, 1.54) is 6.20 Å². The number of benzene rings is 2. The van der Waals surface area contributed by atoms with Crippen LogP contribution in [0.2, 0.25) is 5.02 Å². The molecule has 1 aliphatic heterocycles. The van der Waals surface area contributed by atoms with Gasteiger partial charge in [-0.1, -0.05) is 29.8 Å². The van der Waals surface area contributed by atoms with Gasteiger partial charge in [-0.05, 0) is 55.3 Å². The van der Waals surface area contributed by atoms with Gasteiger partial charge in [0.2, 0.25) is 0 Å². The van der Waals surface area contributed by atoms with E-state index < -0.39 is 0 Å². The molecule has 6 nitrogen and oxygen atoms in total. The van der Waals surface area contributed by atoms with E-state index in [9.17, 15) is 14.4 Å². The SMILES string of the molecule is Cc1ccccc1C(=O)Nc1ccc(C(=O)N2CCCC(=O)c3cc(Cl)ccc32)cn1. The lowest BCUT2D eigenvalue weighted by Crippen LogP contribution is -2.32. The first-order valence-corrected chi connectivity index (χ1v) is 10.3. The number of anilines is 2. The quantitative estimate of drug-likeness (QED) is 0.635. The molecule has 0 spiro atoms. The highest BCUT2D eigenvalue weighted by Gasteiger charge is 2.26. The number of rotatable bonds is 3. The number of halogens is 1. The summed E-state index contributed by atoms with van der Waals surface area (Å²) in [5.74, 6) is -0.202. The molecule has 1 aliphatic rings. The predicted octanol–water partition coefficient (Wildman–Crippen LogP) is 4.92. The Morgan fingerprint density at radius 2 is 1.90 bits per heavy atom. The molecule has 31 heavy (non-hydrogen) atoms. The highest BCUT2D eigenvalue weighted by atomic mass is 35.5. The molecule has 0 saturated carbocycles. The molecule has 0 saturated heterocycles. The molecule has 2 heterocycles. The Balaban J connectivity index is 1.55. The van der Waals surface area contributed by atoms with Gasteiger partial charge in [-0.3, -0.25) is 14.4 Å². The van der Waals surface area contributed by atoms with Crippen molar-refractivity contribution in [3.63, 3.8) is 0 Å². The molecule has 156 valence electrons. The van der Waals surface area contributed by atoms with Gasteiger partial charge in [0.05, 0.1) is 11.3 Å². The molecule has 0 fully saturated rings. The van der Waals surface area contributed by atoms with E-state index in [4.69, 9.17) is 11.6 Å². The molecule has 0 unspecified atom stereocenters. The van der Waals surface area contributed by atoms with Crippen molar-refractivity contribution in [3.8, 4) is 0 Å². The zero-order chi connectivity index (χ0) is 22.0. The van der Waals surface area contributed by atoms with Gasteiger partial charge in [0.15, 0.2) is 5.78 Å². The number of nitrogens with one attached hydrogen (secondary N) is 1. The second-order valence-corrected chi connectivity index (χ2v) is 7.78. The minimum absolute atomic E-state index is 0.0276. The molecule has 0 atom stereocenters. The van der Waals surface area contributed by atoms with Crippen molar-refractivity contribution in [1.82, 2.24) is 4.98 Å². The van der Waals surface area contributed by atoms with Crippen molar-refractivity contribution in [2.75, 3.05) is 16.8 Å². The summed E-state index contributed by atoms with van der Waals surface area (Å²) < 4.78 is 0. The summed E-state index contributed by atoms with van der Waals surface area (Å²) in [5, 5.41) is 3.20. The fourth-order valence-electron chi connectivity index (χ4n) is 3.59. The van der Waals surface area contributed by atoms with Gasteiger partial charge in [0.25, 0.3) is 11.8 Å². The molecule has 3 aromatic rings. The molecule has 2 aromatic carbocycles. The number of Topliss-reactive ketones (excluding diaryl/α,β-unsaturated/α-hetero) is 1. The standard InChI is InChI=1S/C24H20ClN3O3/c1-15-5-2-3-6-18(15)23(30)27-22-11-8-16(14-26-22)24(31)28-12-4-7-21(29)19-13-17(25)9-10-20(19)28/h2-3,5-6,8-11,13-14H,4,7,12H2,1H3,(H,26,27,30). The summed E-state index contributed by atoms with van der Waals surface area (Å²) in [6.45, 7) is 2.28. The third-order valence-electron chi connectivity index (χ3n) is 5.22. The van der Waals surface area contributed by atoms with Crippen LogP contribution in [0.1, 0.15) is 49.5 Å². The number of hydrogen-bond donors (Lipinski definition) is 1. The Hall–Kier alpha value is -3.51. The van der Waals surface area contributed by atoms with Crippen LogP contribution in [0.25, 0.3) is 0 Å². The summed E-state index contributed by atoms with van der Waals surface area (Å²) in [5.41, 5.74) is 2.79. The highest BCUT2D eigenvalue weighted by Crippen LogP contribution is 2.30. The van der Waals surface area contributed by atoms with Gasteiger partial charge in [0, 0.05) is 35.3 Å². The number of aryl methyl sites for hydroxylation is 1. The number of pyridine rings is 1. The highest BCUT2D eigenvalue weighted by molar-refractivity contribution is 6.31. The molecule has 1 N–H and O–H groups in total. The van der Waals surface area contributed by atoms with E-state index in [0.717, 1.165) is 5.56 Å². The van der Waals surface area contributed by atoms with Crippen LogP contribution in [0.15, 0.2) is 60.8 Å². The number of ketones is 1. The number of amides is 2. The van der Waals surface area contributed by atoms with Gasteiger partial charge >= 0.3 is 0 Å². The maximum Gasteiger partial charge on any atom is 0.259 e. The van der Waals surface area contributed by atoms with E-state index >= 15 is 0 Å². The first kappa shape index (κ1) is 20.8. The van der Waals surface area contributed by atoms with E-state index in [2.05, 4.69) is 10.3 Å². The van der Waals surface area contributed by atoms with Crippen LogP contribution < -0.4 is 10.2 Å². The Morgan fingerprint density at radius 3 is 2.65 bits per heavy atom. The minimum atomic E-state index is -0.262. The van der Waals surface area contributed by atoms with Crippen LogP contribution >= 0.6 is 11.6 Å². The van der Waals surface area contributed by atoms with Crippen molar-refractivity contribution < 1.29 is 14.4 Å². The van der Waals surface area contributed by atoms with Gasteiger partial charge in [0.1, 0.15) is 5.82 Å². The lowest BCUT2D eigenvalue weighted by Gasteiger charge is -2.22. The van der Waals surface area contributed by atoms with E-state index in [0.29, 0.717) is 52.6 Å². The normalized spacial score (nSPS) is 13.4. The summed E-state index contributed by atoms with van der Waals surface area (Å²) in [6.07, 6.45) is 2.35. The van der Waals surface area contributed by atoms with Crippen LogP contribution in [0, 0.1) is 6.92 Å². The Bertz CT molecular complexity index is 1170. The maximum atomic E-state index is 13.2. The van der Waals surface area contributed by atoms with Crippen molar-refractivity contribution in [2.45, 2.75) is 19.8 Å². The summed E-state index contributed by atoms with van der Waals surface area (Å²) >= 11 is 6.05. The zero-order valence-corrected chi connectivity index (χ0v) is 17.6. The van der Waals surface area contributed by atoms with E-state index in [-0.39, 0.29) is 17.6 Å². The average molecular weight is 434 g/mol. The fourth-order valence-corrected chi connectivity index (χ4v) is 3.76. The largest absolute Gasteiger partial charge is 0.308 e. The lowest BCUT2D eigenvalue weighted by atomic mass is 10.1. The predicted molar refractivity (Wildman–Crippen MR) is 120 cm³/mol. The molecule has 4 rings (SSSR count). The number of carbonyl (C=O) groups is 3. The summed E-state index contributed by atoms with van der Waals surface area (Å²) in [7, 11) is 0. The van der Waals surface area contributed by atoms with Gasteiger partial charge < -0.3 is 10.2 Å². The Kier molecular flexibility index (Phi) is 5.82. The van der Waals surface area contributed by atoms with Crippen molar-refractivity contribution in [2.24, 2.45) is 0 Å². The molecule has 0 bridgehead atoms. The molecule has 2 amide bonds. The molecular formula is C24H20ClN3O3. The number of carbonyl (C=O) groups excluding carboxylic acids is 3. The second kappa shape index (κ2) is 8.70. The average Bonchev–Trinajstić information content (AvgIpc) is 2.92. The number of hydrogen-bond acceptors (Lipinski definition) is 4. The zero-order valence-electron chi connectivity index (χ0n) is 16.9. The second-order valence-electron chi connectivity index (χ2n) is 7.35. The molecule has 7 heteroatoms. The molecule has 1 aromatic heterocycles. The fraction of sp³-hybridized carbons (Fsp3) is 0.167. The summed E-state index contributed by atoms with van der Waals surface area (Å²) in [6, 6.07) is 15.5. The van der Waals surface area contributed by atoms with Crippen LogP contribution in [0.5, 0.6) is 0 Å². The smallest absolute Gasteiger partial charge is 0.259 e. The number of fused-ring (bicyclic) bond motifs is 1. The van der Waals surface area contributed by atoms with Gasteiger partial charge in [-0.2, -0.15) is 0 Å².